The molecule has 2 heterocycles. The summed E-state index contributed by atoms with van der Waals surface area (Å²) in [6.07, 6.45) is 4.35. The molecule has 0 bridgehead atoms. The minimum atomic E-state index is -0.116. The zero-order valence-electron chi connectivity index (χ0n) is 24.5. The normalized spacial score (nSPS) is 10.9. The molecule has 0 unspecified atom stereocenters. The molecule has 0 radical (unpaired) electrons. The van der Waals surface area contributed by atoms with Crippen LogP contribution in [0.15, 0.2) is 48.8 Å². The van der Waals surface area contributed by atoms with Gasteiger partial charge in [-0.2, -0.15) is 5.26 Å². The first-order chi connectivity index (χ1) is 20.2. The maximum Gasteiger partial charge on any atom is 0.224 e. The summed E-state index contributed by atoms with van der Waals surface area (Å²) in [5.74, 6) is 0.929. The van der Waals surface area contributed by atoms with Gasteiger partial charge in [0.15, 0.2) is 0 Å². The van der Waals surface area contributed by atoms with Crippen LogP contribution < -0.4 is 20.1 Å². The Bertz CT molecular complexity index is 1630. The maximum absolute atomic E-state index is 12.8. The lowest BCUT2D eigenvalue weighted by molar-refractivity contribution is -0.116. The summed E-state index contributed by atoms with van der Waals surface area (Å²) in [4.78, 5) is 23.7. The fraction of sp³-hybridized carbons (Fsp3) is 0.312. The number of nitrogens with zero attached hydrogens (tertiary/aromatic N) is 4. The molecule has 0 fully saturated rings. The van der Waals surface area contributed by atoms with Gasteiger partial charge in [0.25, 0.3) is 0 Å². The second kappa shape index (κ2) is 14.0. The molecule has 9 nitrogen and oxygen atoms in total. The van der Waals surface area contributed by atoms with Crippen LogP contribution >= 0.6 is 11.6 Å². The summed E-state index contributed by atoms with van der Waals surface area (Å²) in [6, 6.07) is 13.3. The van der Waals surface area contributed by atoms with Gasteiger partial charge in [-0.3, -0.25) is 14.8 Å². The molecule has 4 rings (SSSR count). The number of rotatable bonds is 12. The number of nitrogens with one attached hydrogen (secondary N) is 2. The smallest absolute Gasteiger partial charge is 0.224 e. The van der Waals surface area contributed by atoms with Crippen molar-refractivity contribution < 1.29 is 14.3 Å². The van der Waals surface area contributed by atoms with Gasteiger partial charge in [0.2, 0.25) is 5.91 Å². The number of hydrogen-bond acceptors (Lipinski definition) is 8. The monoisotopic (exact) mass is 586 g/mol. The molecule has 0 saturated carbocycles. The zero-order valence-corrected chi connectivity index (χ0v) is 25.3. The standard InChI is InChI=1S/C32H35ClN6O3/c1-6-41-30-16-26-23(14-27(30)37-31(40)10-8-12-39(4)5)32(22(17-34)18-36-26)38-25-15-24(33)29(13-21(25)3)42-19-28-20(2)9-7-11-35-28/h7,9,11,13-16,18H,6,8,10,12,19H2,1-5H3,(H,36,38)(H,37,40). The second-order valence-corrected chi connectivity index (χ2v) is 10.6. The third-order valence-electron chi connectivity index (χ3n) is 6.69. The number of fused-ring (bicyclic) bond motifs is 1. The average Bonchev–Trinajstić information content (AvgIpc) is 2.95. The highest BCUT2D eigenvalue weighted by atomic mass is 35.5. The van der Waals surface area contributed by atoms with Crippen molar-refractivity contribution in [2.75, 3.05) is 37.9 Å². The van der Waals surface area contributed by atoms with Crippen LogP contribution in [0.5, 0.6) is 11.5 Å². The van der Waals surface area contributed by atoms with Crippen molar-refractivity contribution in [1.82, 2.24) is 14.9 Å². The van der Waals surface area contributed by atoms with Gasteiger partial charge in [-0.05, 0) is 83.2 Å². The van der Waals surface area contributed by atoms with E-state index in [2.05, 4.69) is 26.7 Å². The molecule has 0 aliphatic carbocycles. The van der Waals surface area contributed by atoms with Crippen LogP contribution in [0.2, 0.25) is 5.02 Å². The van der Waals surface area contributed by atoms with E-state index in [1.165, 1.54) is 6.20 Å². The van der Waals surface area contributed by atoms with E-state index >= 15 is 0 Å². The van der Waals surface area contributed by atoms with E-state index in [0.717, 1.165) is 29.8 Å². The highest BCUT2D eigenvalue weighted by molar-refractivity contribution is 6.32. The number of carbonyl (C=O) groups is 1. The SMILES string of the molecule is CCOc1cc2ncc(C#N)c(Nc3cc(Cl)c(OCc4ncccc4C)cc3C)c2cc1NC(=O)CCCN(C)C. The average molecular weight is 587 g/mol. The Balaban J connectivity index is 1.66. The van der Waals surface area contributed by atoms with Gasteiger partial charge in [-0.25, -0.2) is 0 Å². The first-order valence-electron chi connectivity index (χ1n) is 13.7. The second-order valence-electron chi connectivity index (χ2n) is 10.2. The quantitative estimate of drug-likeness (QED) is 0.187. The Morgan fingerprint density at radius 1 is 1.07 bits per heavy atom. The molecule has 2 aromatic carbocycles. The Morgan fingerprint density at radius 2 is 1.88 bits per heavy atom. The highest BCUT2D eigenvalue weighted by Gasteiger charge is 2.17. The van der Waals surface area contributed by atoms with Gasteiger partial charge in [-0.15, -0.1) is 0 Å². The topological polar surface area (TPSA) is 112 Å². The van der Waals surface area contributed by atoms with Crippen LogP contribution in [0.1, 0.15) is 42.1 Å². The van der Waals surface area contributed by atoms with E-state index in [-0.39, 0.29) is 12.5 Å². The highest BCUT2D eigenvalue weighted by Crippen LogP contribution is 2.38. The van der Waals surface area contributed by atoms with Crippen LogP contribution in [-0.4, -0.2) is 48.0 Å². The molecule has 2 N–H and O–H groups in total. The van der Waals surface area contributed by atoms with Gasteiger partial charge in [0, 0.05) is 36.0 Å². The van der Waals surface area contributed by atoms with Gasteiger partial charge in [0.1, 0.15) is 24.2 Å². The minimum absolute atomic E-state index is 0.116. The van der Waals surface area contributed by atoms with Crippen LogP contribution in [0.25, 0.3) is 10.9 Å². The van der Waals surface area contributed by atoms with Gasteiger partial charge >= 0.3 is 0 Å². The van der Waals surface area contributed by atoms with Crippen molar-refractivity contribution in [3.05, 3.63) is 76.2 Å². The molecule has 0 aliphatic heterocycles. The molecule has 2 aromatic heterocycles. The predicted octanol–water partition coefficient (Wildman–Crippen LogP) is 6.77. The predicted molar refractivity (Wildman–Crippen MR) is 167 cm³/mol. The van der Waals surface area contributed by atoms with E-state index in [0.29, 0.717) is 63.1 Å². The fourth-order valence-corrected chi connectivity index (χ4v) is 4.65. The van der Waals surface area contributed by atoms with Crippen LogP contribution in [0, 0.1) is 25.2 Å². The van der Waals surface area contributed by atoms with E-state index in [9.17, 15) is 10.1 Å². The maximum atomic E-state index is 12.8. The Labute approximate surface area is 251 Å². The molecule has 0 saturated heterocycles. The van der Waals surface area contributed by atoms with Crippen molar-refractivity contribution in [3.63, 3.8) is 0 Å². The van der Waals surface area contributed by atoms with E-state index in [1.807, 2.05) is 58.0 Å². The number of pyridine rings is 2. The van der Waals surface area contributed by atoms with Gasteiger partial charge < -0.3 is 25.0 Å². The van der Waals surface area contributed by atoms with Crippen LogP contribution in [-0.2, 0) is 11.4 Å². The lowest BCUT2D eigenvalue weighted by Gasteiger charge is -2.18. The fourth-order valence-electron chi connectivity index (χ4n) is 4.43. The summed E-state index contributed by atoms with van der Waals surface area (Å²) < 4.78 is 11.8. The number of anilines is 3. The molecule has 42 heavy (non-hydrogen) atoms. The number of carbonyl (C=O) groups excluding carboxylic acids is 1. The van der Waals surface area contributed by atoms with Crippen molar-refractivity contribution in [2.45, 2.75) is 40.2 Å². The third-order valence-corrected chi connectivity index (χ3v) is 6.99. The number of hydrogen-bond donors (Lipinski definition) is 2. The number of aromatic nitrogens is 2. The first kappa shape index (κ1) is 30.6. The molecule has 10 heteroatoms. The summed E-state index contributed by atoms with van der Waals surface area (Å²) >= 11 is 6.63. The van der Waals surface area contributed by atoms with Crippen molar-refractivity contribution in [2.24, 2.45) is 0 Å². The van der Waals surface area contributed by atoms with Gasteiger partial charge in [0.05, 0.1) is 39.8 Å². The summed E-state index contributed by atoms with van der Waals surface area (Å²) in [5.41, 5.74) is 5.45. The van der Waals surface area contributed by atoms with Crippen molar-refractivity contribution >= 4 is 45.5 Å². The van der Waals surface area contributed by atoms with Crippen LogP contribution in [0.4, 0.5) is 17.1 Å². The summed E-state index contributed by atoms with van der Waals surface area (Å²) in [5, 5.41) is 17.4. The molecule has 0 aliphatic rings. The molecular weight excluding hydrogens is 552 g/mol. The van der Waals surface area contributed by atoms with E-state index in [4.69, 9.17) is 21.1 Å². The molecule has 218 valence electrons. The lowest BCUT2D eigenvalue weighted by Crippen LogP contribution is -2.17. The number of benzene rings is 2. The molecule has 0 spiro atoms. The molecule has 4 aromatic rings. The number of ether oxygens (including phenoxy) is 2. The number of halogens is 1. The molecule has 1 amide bonds. The van der Waals surface area contributed by atoms with E-state index < -0.39 is 0 Å². The number of nitriles is 1. The van der Waals surface area contributed by atoms with Crippen molar-refractivity contribution in [1.29, 1.82) is 5.26 Å². The molecular formula is C32H35ClN6O3. The van der Waals surface area contributed by atoms with E-state index in [1.54, 1.807) is 24.4 Å². The summed E-state index contributed by atoms with van der Waals surface area (Å²) in [6.45, 7) is 7.31. The lowest BCUT2D eigenvalue weighted by atomic mass is 10.1. The summed E-state index contributed by atoms with van der Waals surface area (Å²) in [7, 11) is 3.95. The Morgan fingerprint density at radius 3 is 2.60 bits per heavy atom. The molecule has 0 atom stereocenters. The van der Waals surface area contributed by atoms with Crippen LogP contribution in [0.3, 0.4) is 0 Å². The number of aryl methyl sites for hydroxylation is 2. The largest absolute Gasteiger partial charge is 0.492 e. The first-order valence-corrected chi connectivity index (χ1v) is 14.1. The van der Waals surface area contributed by atoms with Gasteiger partial charge in [-0.1, -0.05) is 17.7 Å². The Hall–Kier alpha value is -4.39. The number of amides is 1. The Kier molecular flexibility index (Phi) is 10.2. The third kappa shape index (κ3) is 7.46. The van der Waals surface area contributed by atoms with Crippen molar-refractivity contribution in [3.8, 4) is 17.6 Å². The zero-order chi connectivity index (χ0) is 30.2. The minimum Gasteiger partial charge on any atom is -0.492 e.